The lowest BCUT2D eigenvalue weighted by molar-refractivity contribution is 0.303. The topological polar surface area (TPSA) is 0 Å². The van der Waals surface area contributed by atoms with E-state index in [4.69, 9.17) is 11.6 Å². The molecule has 1 rings (SSSR count). The van der Waals surface area contributed by atoms with Crippen molar-refractivity contribution in [3.05, 3.63) is 0 Å². The van der Waals surface area contributed by atoms with Crippen LogP contribution in [0.2, 0.25) is 0 Å². The molecular weight excluding hydrogens is 180 g/mol. The molecule has 0 aliphatic heterocycles. The van der Waals surface area contributed by atoms with Crippen LogP contribution < -0.4 is 0 Å². The SMILES string of the molecule is CC(Cl)CC(C)C1CCCCCC1. The van der Waals surface area contributed by atoms with Gasteiger partial charge in [0.15, 0.2) is 0 Å². The second kappa shape index (κ2) is 5.90. The third-order valence-electron chi connectivity index (χ3n) is 3.40. The zero-order chi connectivity index (χ0) is 9.68. The van der Waals surface area contributed by atoms with Crippen LogP contribution in [0.25, 0.3) is 0 Å². The summed E-state index contributed by atoms with van der Waals surface area (Å²) in [6.45, 7) is 4.50. The molecule has 0 aromatic rings. The first-order valence-corrected chi connectivity index (χ1v) is 6.28. The van der Waals surface area contributed by atoms with Gasteiger partial charge in [0, 0.05) is 5.38 Å². The number of alkyl halides is 1. The molecule has 1 heteroatoms. The summed E-state index contributed by atoms with van der Waals surface area (Å²) in [5.74, 6) is 1.80. The van der Waals surface area contributed by atoms with Crippen molar-refractivity contribution in [2.24, 2.45) is 11.8 Å². The lowest BCUT2D eigenvalue weighted by Crippen LogP contribution is -2.14. The highest BCUT2D eigenvalue weighted by Gasteiger charge is 2.19. The van der Waals surface area contributed by atoms with Gasteiger partial charge in [0.25, 0.3) is 0 Å². The fraction of sp³-hybridized carbons (Fsp3) is 1.00. The van der Waals surface area contributed by atoms with Gasteiger partial charge >= 0.3 is 0 Å². The second-order valence-corrected chi connectivity index (χ2v) is 5.49. The van der Waals surface area contributed by atoms with Crippen LogP contribution in [0.4, 0.5) is 0 Å². The van der Waals surface area contributed by atoms with Crippen molar-refractivity contribution in [3.8, 4) is 0 Å². The smallest absolute Gasteiger partial charge is 0.0310 e. The van der Waals surface area contributed by atoms with Gasteiger partial charge in [-0.05, 0) is 25.2 Å². The van der Waals surface area contributed by atoms with E-state index in [-0.39, 0.29) is 0 Å². The van der Waals surface area contributed by atoms with Gasteiger partial charge in [0.05, 0.1) is 0 Å². The van der Waals surface area contributed by atoms with Crippen LogP contribution >= 0.6 is 11.6 Å². The molecule has 13 heavy (non-hydrogen) atoms. The lowest BCUT2D eigenvalue weighted by atomic mass is 9.85. The van der Waals surface area contributed by atoms with Crippen LogP contribution in [-0.4, -0.2) is 5.38 Å². The van der Waals surface area contributed by atoms with Gasteiger partial charge in [-0.25, -0.2) is 0 Å². The molecule has 0 nitrogen and oxygen atoms in total. The molecule has 0 saturated heterocycles. The molecule has 0 radical (unpaired) electrons. The molecule has 0 spiro atoms. The van der Waals surface area contributed by atoms with Gasteiger partial charge in [-0.1, -0.05) is 45.4 Å². The van der Waals surface area contributed by atoms with E-state index in [1.165, 1.54) is 44.9 Å². The summed E-state index contributed by atoms with van der Waals surface area (Å²) in [5.41, 5.74) is 0. The average Bonchev–Trinajstić information content (AvgIpc) is 2.29. The molecule has 78 valence electrons. The Morgan fingerprint density at radius 1 is 1.08 bits per heavy atom. The molecule has 2 atom stereocenters. The van der Waals surface area contributed by atoms with Crippen molar-refractivity contribution in [2.75, 3.05) is 0 Å². The summed E-state index contributed by atoms with van der Waals surface area (Å²) in [7, 11) is 0. The summed E-state index contributed by atoms with van der Waals surface area (Å²) >= 11 is 6.03. The van der Waals surface area contributed by atoms with Crippen LogP contribution in [-0.2, 0) is 0 Å². The fourth-order valence-electron chi connectivity index (χ4n) is 2.58. The average molecular weight is 203 g/mol. The van der Waals surface area contributed by atoms with E-state index in [1.807, 2.05) is 0 Å². The van der Waals surface area contributed by atoms with Gasteiger partial charge in [0.1, 0.15) is 0 Å². The van der Waals surface area contributed by atoms with E-state index in [0.29, 0.717) is 5.38 Å². The molecule has 0 N–H and O–H groups in total. The Bertz CT molecular complexity index is 123. The van der Waals surface area contributed by atoms with Crippen LogP contribution in [0.1, 0.15) is 58.8 Å². The van der Waals surface area contributed by atoms with E-state index < -0.39 is 0 Å². The Kier molecular flexibility index (Phi) is 5.16. The summed E-state index contributed by atoms with van der Waals surface area (Å²) < 4.78 is 0. The molecule has 1 aliphatic rings. The molecular formula is C12H23Cl. The van der Waals surface area contributed by atoms with Crippen LogP contribution in [0.5, 0.6) is 0 Å². The van der Waals surface area contributed by atoms with Crippen molar-refractivity contribution in [1.82, 2.24) is 0 Å². The minimum atomic E-state index is 0.359. The normalized spacial score (nSPS) is 25.2. The maximum Gasteiger partial charge on any atom is 0.0310 e. The second-order valence-electron chi connectivity index (χ2n) is 4.75. The third kappa shape index (κ3) is 4.35. The Labute approximate surface area is 88.1 Å². The minimum absolute atomic E-state index is 0.359. The molecule has 2 unspecified atom stereocenters. The minimum Gasteiger partial charge on any atom is -0.123 e. The van der Waals surface area contributed by atoms with Crippen LogP contribution in [0, 0.1) is 11.8 Å². The maximum absolute atomic E-state index is 6.03. The predicted octanol–water partition coefficient (Wildman–Crippen LogP) is 4.61. The first kappa shape index (κ1) is 11.4. The Hall–Kier alpha value is 0.290. The summed E-state index contributed by atoms with van der Waals surface area (Å²) in [4.78, 5) is 0. The number of rotatable bonds is 3. The van der Waals surface area contributed by atoms with Gasteiger partial charge < -0.3 is 0 Å². The first-order valence-electron chi connectivity index (χ1n) is 5.84. The number of halogens is 1. The first-order chi connectivity index (χ1) is 6.20. The molecule has 1 fully saturated rings. The molecule has 0 heterocycles. The van der Waals surface area contributed by atoms with E-state index in [0.717, 1.165) is 11.8 Å². The quantitative estimate of drug-likeness (QED) is 0.463. The van der Waals surface area contributed by atoms with Crippen molar-refractivity contribution in [1.29, 1.82) is 0 Å². The van der Waals surface area contributed by atoms with Crippen molar-refractivity contribution >= 4 is 11.6 Å². The maximum atomic E-state index is 6.03. The van der Waals surface area contributed by atoms with Gasteiger partial charge in [-0.15, -0.1) is 11.6 Å². The van der Waals surface area contributed by atoms with Gasteiger partial charge in [-0.2, -0.15) is 0 Å². The molecule has 0 bridgehead atoms. The zero-order valence-electron chi connectivity index (χ0n) is 9.06. The fourth-order valence-corrected chi connectivity index (χ4v) is 2.87. The summed E-state index contributed by atoms with van der Waals surface area (Å²) in [6.07, 6.45) is 9.92. The Morgan fingerprint density at radius 2 is 1.62 bits per heavy atom. The van der Waals surface area contributed by atoms with Crippen LogP contribution in [0.3, 0.4) is 0 Å². The summed E-state index contributed by atoms with van der Waals surface area (Å²) in [6, 6.07) is 0. The van der Waals surface area contributed by atoms with E-state index >= 15 is 0 Å². The molecule has 1 saturated carbocycles. The highest BCUT2D eigenvalue weighted by atomic mass is 35.5. The highest BCUT2D eigenvalue weighted by molar-refractivity contribution is 6.20. The van der Waals surface area contributed by atoms with Crippen LogP contribution in [0.15, 0.2) is 0 Å². The van der Waals surface area contributed by atoms with E-state index in [2.05, 4.69) is 13.8 Å². The number of hydrogen-bond donors (Lipinski definition) is 0. The Morgan fingerprint density at radius 3 is 2.08 bits per heavy atom. The van der Waals surface area contributed by atoms with Crippen molar-refractivity contribution in [2.45, 2.75) is 64.2 Å². The summed E-state index contributed by atoms with van der Waals surface area (Å²) in [5, 5.41) is 0.359. The highest BCUT2D eigenvalue weighted by Crippen LogP contribution is 2.31. The number of hydrogen-bond acceptors (Lipinski definition) is 0. The standard InChI is InChI=1S/C12H23Cl/c1-10(9-11(2)13)12-7-5-3-4-6-8-12/h10-12H,3-9H2,1-2H3. The van der Waals surface area contributed by atoms with E-state index in [1.54, 1.807) is 0 Å². The van der Waals surface area contributed by atoms with E-state index in [9.17, 15) is 0 Å². The molecule has 1 aliphatic carbocycles. The predicted molar refractivity (Wildman–Crippen MR) is 60.3 cm³/mol. The van der Waals surface area contributed by atoms with Gasteiger partial charge in [0.2, 0.25) is 0 Å². The third-order valence-corrected chi connectivity index (χ3v) is 3.58. The largest absolute Gasteiger partial charge is 0.123 e. The molecule has 0 aromatic heterocycles. The van der Waals surface area contributed by atoms with Crippen molar-refractivity contribution in [3.63, 3.8) is 0 Å². The van der Waals surface area contributed by atoms with Gasteiger partial charge in [-0.3, -0.25) is 0 Å². The van der Waals surface area contributed by atoms with Crippen molar-refractivity contribution < 1.29 is 0 Å². The molecule has 0 amide bonds. The Balaban J connectivity index is 2.30. The zero-order valence-corrected chi connectivity index (χ0v) is 9.82. The lowest BCUT2D eigenvalue weighted by Gasteiger charge is -2.23. The molecule has 0 aromatic carbocycles. The monoisotopic (exact) mass is 202 g/mol.